The lowest BCUT2D eigenvalue weighted by molar-refractivity contribution is 0.685. The highest BCUT2D eigenvalue weighted by molar-refractivity contribution is 9.10. The molecular formula is C11H14BrNS. The average molecular weight is 272 g/mol. The minimum atomic E-state index is 0.656. The van der Waals surface area contributed by atoms with Gasteiger partial charge in [0.05, 0.1) is 0 Å². The summed E-state index contributed by atoms with van der Waals surface area (Å²) >= 11 is 5.53. The molecule has 2 rings (SSSR count). The van der Waals surface area contributed by atoms with Gasteiger partial charge < -0.3 is 5.32 Å². The molecule has 1 aromatic carbocycles. The fraction of sp³-hybridized carbons (Fsp3) is 0.455. The van der Waals surface area contributed by atoms with Crippen molar-refractivity contribution in [2.75, 3.05) is 16.8 Å². The summed E-state index contributed by atoms with van der Waals surface area (Å²) in [6.07, 6.45) is 2.65. The van der Waals surface area contributed by atoms with Gasteiger partial charge in [-0.25, -0.2) is 0 Å². The third-order valence-electron chi connectivity index (χ3n) is 2.36. The quantitative estimate of drug-likeness (QED) is 0.879. The van der Waals surface area contributed by atoms with E-state index < -0.39 is 0 Å². The molecule has 1 saturated heterocycles. The molecule has 1 aliphatic rings. The summed E-state index contributed by atoms with van der Waals surface area (Å²) in [5.41, 5.74) is 1.23. The Morgan fingerprint density at radius 2 is 2.36 bits per heavy atom. The average Bonchev–Trinajstić information content (AvgIpc) is 2.19. The second kappa shape index (κ2) is 5.08. The summed E-state index contributed by atoms with van der Waals surface area (Å²) in [7, 11) is 0. The van der Waals surface area contributed by atoms with E-state index in [0.717, 1.165) is 4.47 Å². The molecule has 0 bridgehead atoms. The van der Waals surface area contributed by atoms with Crippen molar-refractivity contribution in [3.05, 3.63) is 28.7 Å². The standard InChI is InChI=1S/C11H14BrNS/c12-9-3-1-4-10(7-9)13-11-5-2-6-14-8-11/h1,3-4,7,11,13H,2,5-6,8H2/t11-/m0/s1. The molecule has 1 heterocycles. The minimum absolute atomic E-state index is 0.656. The molecular weight excluding hydrogens is 258 g/mol. The van der Waals surface area contributed by atoms with Crippen LogP contribution in [0.1, 0.15) is 12.8 Å². The Morgan fingerprint density at radius 3 is 3.07 bits per heavy atom. The summed E-state index contributed by atoms with van der Waals surface area (Å²) in [6, 6.07) is 9.05. The van der Waals surface area contributed by atoms with Crippen molar-refractivity contribution in [1.29, 1.82) is 0 Å². The van der Waals surface area contributed by atoms with Gasteiger partial charge >= 0.3 is 0 Å². The van der Waals surface area contributed by atoms with Crippen molar-refractivity contribution in [3.8, 4) is 0 Å². The lowest BCUT2D eigenvalue weighted by atomic mass is 10.2. The molecule has 1 atom stereocenters. The molecule has 0 spiro atoms. The lowest BCUT2D eigenvalue weighted by Gasteiger charge is -2.23. The molecule has 0 aromatic heterocycles. The molecule has 0 aliphatic carbocycles. The van der Waals surface area contributed by atoms with Crippen molar-refractivity contribution in [1.82, 2.24) is 0 Å². The van der Waals surface area contributed by atoms with Gasteiger partial charge in [-0.15, -0.1) is 0 Å². The Bertz CT molecular complexity index is 297. The van der Waals surface area contributed by atoms with Crippen molar-refractivity contribution >= 4 is 33.4 Å². The second-order valence-electron chi connectivity index (χ2n) is 3.57. The smallest absolute Gasteiger partial charge is 0.0353 e. The number of nitrogens with one attached hydrogen (secondary N) is 1. The number of halogens is 1. The van der Waals surface area contributed by atoms with Gasteiger partial charge in [0.1, 0.15) is 0 Å². The van der Waals surface area contributed by atoms with Gasteiger partial charge in [-0.1, -0.05) is 22.0 Å². The minimum Gasteiger partial charge on any atom is -0.381 e. The molecule has 0 radical (unpaired) electrons. The lowest BCUT2D eigenvalue weighted by Crippen LogP contribution is -2.25. The van der Waals surface area contributed by atoms with Gasteiger partial charge in [0.25, 0.3) is 0 Å². The van der Waals surface area contributed by atoms with Crippen LogP contribution in [0.3, 0.4) is 0 Å². The van der Waals surface area contributed by atoms with Crippen molar-refractivity contribution in [2.24, 2.45) is 0 Å². The number of thioether (sulfide) groups is 1. The van der Waals surface area contributed by atoms with E-state index in [1.54, 1.807) is 0 Å². The van der Waals surface area contributed by atoms with Gasteiger partial charge in [0, 0.05) is 22.0 Å². The van der Waals surface area contributed by atoms with Crippen LogP contribution < -0.4 is 5.32 Å². The maximum atomic E-state index is 3.57. The van der Waals surface area contributed by atoms with Crippen LogP contribution in [0.2, 0.25) is 0 Å². The van der Waals surface area contributed by atoms with E-state index >= 15 is 0 Å². The Labute approximate surface area is 97.8 Å². The van der Waals surface area contributed by atoms with E-state index in [9.17, 15) is 0 Å². The summed E-state index contributed by atoms with van der Waals surface area (Å²) in [5.74, 6) is 2.57. The zero-order chi connectivity index (χ0) is 9.80. The Kier molecular flexibility index (Phi) is 3.76. The third kappa shape index (κ3) is 2.92. The molecule has 1 aliphatic heterocycles. The largest absolute Gasteiger partial charge is 0.381 e. The van der Waals surface area contributed by atoms with Crippen LogP contribution in [-0.4, -0.2) is 17.5 Å². The number of hydrogen-bond acceptors (Lipinski definition) is 2. The molecule has 76 valence electrons. The molecule has 1 nitrogen and oxygen atoms in total. The third-order valence-corrected chi connectivity index (χ3v) is 4.06. The van der Waals surface area contributed by atoms with Crippen LogP contribution in [0, 0.1) is 0 Å². The Balaban J connectivity index is 1.95. The zero-order valence-electron chi connectivity index (χ0n) is 8.00. The molecule has 0 unspecified atom stereocenters. The predicted octanol–water partition coefficient (Wildman–Crippen LogP) is 3.76. The SMILES string of the molecule is Brc1cccc(N[C@H]2CCCSC2)c1. The summed E-state index contributed by atoms with van der Waals surface area (Å²) < 4.78 is 1.14. The first-order valence-corrected chi connectivity index (χ1v) is 6.89. The normalized spacial score (nSPS) is 21.9. The van der Waals surface area contributed by atoms with Crippen LogP contribution in [-0.2, 0) is 0 Å². The van der Waals surface area contributed by atoms with Gasteiger partial charge in [0.15, 0.2) is 0 Å². The van der Waals surface area contributed by atoms with Gasteiger partial charge in [-0.05, 0) is 36.8 Å². The van der Waals surface area contributed by atoms with Crippen LogP contribution in [0.5, 0.6) is 0 Å². The van der Waals surface area contributed by atoms with Crippen LogP contribution in [0.25, 0.3) is 0 Å². The Hall–Kier alpha value is -0.150. The molecule has 0 amide bonds. The van der Waals surface area contributed by atoms with Crippen molar-refractivity contribution in [3.63, 3.8) is 0 Å². The van der Waals surface area contributed by atoms with Crippen molar-refractivity contribution in [2.45, 2.75) is 18.9 Å². The predicted molar refractivity (Wildman–Crippen MR) is 68.1 cm³/mol. The van der Waals surface area contributed by atoms with E-state index in [4.69, 9.17) is 0 Å². The molecule has 1 fully saturated rings. The zero-order valence-corrected chi connectivity index (χ0v) is 10.4. The van der Waals surface area contributed by atoms with Crippen molar-refractivity contribution < 1.29 is 0 Å². The van der Waals surface area contributed by atoms with Gasteiger partial charge in [0.2, 0.25) is 0 Å². The van der Waals surface area contributed by atoms with E-state index in [1.807, 2.05) is 0 Å². The molecule has 3 heteroatoms. The van der Waals surface area contributed by atoms with Gasteiger partial charge in [-0.3, -0.25) is 0 Å². The highest BCUT2D eigenvalue weighted by atomic mass is 79.9. The number of anilines is 1. The highest BCUT2D eigenvalue weighted by Crippen LogP contribution is 2.22. The molecule has 14 heavy (non-hydrogen) atoms. The van der Waals surface area contributed by atoms with E-state index in [-0.39, 0.29) is 0 Å². The Morgan fingerprint density at radius 1 is 1.43 bits per heavy atom. The molecule has 0 saturated carbocycles. The molecule has 1 N–H and O–H groups in total. The summed E-state index contributed by atoms with van der Waals surface area (Å²) in [5, 5.41) is 3.57. The fourth-order valence-electron chi connectivity index (χ4n) is 1.67. The van der Waals surface area contributed by atoms with Crippen LogP contribution in [0.15, 0.2) is 28.7 Å². The maximum absolute atomic E-state index is 3.57. The van der Waals surface area contributed by atoms with E-state index in [0.29, 0.717) is 6.04 Å². The molecule has 1 aromatic rings. The summed E-state index contributed by atoms with van der Waals surface area (Å²) in [4.78, 5) is 0. The second-order valence-corrected chi connectivity index (χ2v) is 5.63. The number of hydrogen-bond donors (Lipinski definition) is 1. The van der Waals surface area contributed by atoms with E-state index in [1.165, 1.54) is 30.0 Å². The maximum Gasteiger partial charge on any atom is 0.0353 e. The first kappa shape index (κ1) is 10.4. The monoisotopic (exact) mass is 271 g/mol. The first-order chi connectivity index (χ1) is 6.84. The number of benzene rings is 1. The number of rotatable bonds is 2. The summed E-state index contributed by atoms with van der Waals surface area (Å²) in [6.45, 7) is 0. The van der Waals surface area contributed by atoms with Crippen LogP contribution >= 0.6 is 27.7 Å². The van der Waals surface area contributed by atoms with Gasteiger partial charge in [-0.2, -0.15) is 11.8 Å². The van der Waals surface area contributed by atoms with Crippen LogP contribution in [0.4, 0.5) is 5.69 Å². The highest BCUT2D eigenvalue weighted by Gasteiger charge is 2.12. The topological polar surface area (TPSA) is 12.0 Å². The van der Waals surface area contributed by atoms with E-state index in [2.05, 4.69) is 57.3 Å². The fourth-order valence-corrected chi connectivity index (χ4v) is 3.14. The first-order valence-electron chi connectivity index (χ1n) is 4.94.